The summed E-state index contributed by atoms with van der Waals surface area (Å²) >= 11 is 7.45. The number of nitrogens with one attached hydrogen (secondary N) is 2. The lowest BCUT2D eigenvalue weighted by Crippen LogP contribution is -2.58. The molecule has 0 bridgehead atoms. The molecule has 5 nitrogen and oxygen atoms in total. The fraction of sp³-hybridized carbons (Fsp3) is 0.467. The molecule has 1 saturated carbocycles. The van der Waals surface area contributed by atoms with Gasteiger partial charge in [0, 0.05) is 22.2 Å². The maximum absolute atomic E-state index is 11.9. The Morgan fingerprint density at radius 1 is 1.23 bits per heavy atom. The second-order valence-corrected chi connectivity index (χ2v) is 6.94. The minimum absolute atomic E-state index is 0.336. The van der Waals surface area contributed by atoms with Crippen LogP contribution in [-0.4, -0.2) is 29.8 Å². The van der Waals surface area contributed by atoms with E-state index >= 15 is 0 Å². The van der Waals surface area contributed by atoms with Crippen LogP contribution in [-0.2, 0) is 4.79 Å². The lowest BCUT2D eigenvalue weighted by atomic mass is 9.97. The minimum Gasteiger partial charge on any atom is -0.368 e. The summed E-state index contributed by atoms with van der Waals surface area (Å²) < 4.78 is 0. The Bertz CT molecular complexity index is 530. The van der Waals surface area contributed by atoms with Crippen LogP contribution in [0.4, 0.5) is 4.79 Å². The van der Waals surface area contributed by atoms with Crippen LogP contribution in [0.3, 0.4) is 0 Å². The van der Waals surface area contributed by atoms with Crippen LogP contribution in [0.5, 0.6) is 0 Å². The van der Waals surface area contributed by atoms with Crippen LogP contribution < -0.4 is 16.4 Å². The van der Waals surface area contributed by atoms with E-state index in [0.29, 0.717) is 24.4 Å². The molecule has 1 fully saturated rings. The molecule has 120 valence electrons. The predicted molar refractivity (Wildman–Crippen MR) is 89.1 cm³/mol. The van der Waals surface area contributed by atoms with Gasteiger partial charge in [0.2, 0.25) is 5.91 Å². The zero-order chi connectivity index (χ0) is 16.0. The molecule has 1 aliphatic carbocycles. The molecule has 0 saturated heterocycles. The average molecular weight is 342 g/mol. The van der Waals surface area contributed by atoms with E-state index in [1.165, 1.54) is 0 Å². The number of carbonyl (C=O) groups excluding carboxylic acids is 2. The van der Waals surface area contributed by atoms with Crippen LogP contribution in [0.15, 0.2) is 29.2 Å². The summed E-state index contributed by atoms with van der Waals surface area (Å²) in [4.78, 5) is 24.6. The van der Waals surface area contributed by atoms with Crippen LogP contribution in [0.1, 0.15) is 25.7 Å². The summed E-state index contributed by atoms with van der Waals surface area (Å²) in [6.07, 6.45) is 3.07. The first kappa shape index (κ1) is 17.0. The number of hydrogen-bond donors (Lipinski definition) is 3. The molecule has 0 atom stereocenters. The highest BCUT2D eigenvalue weighted by Gasteiger charge is 2.40. The minimum atomic E-state index is -0.868. The van der Waals surface area contributed by atoms with Gasteiger partial charge in [-0.3, -0.25) is 4.79 Å². The van der Waals surface area contributed by atoms with Crippen molar-refractivity contribution >= 4 is 35.3 Å². The highest BCUT2D eigenvalue weighted by molar-refractivity contribution is 7.99. The maximum Gasteiger partial charge on any atom is 0.315 e. The SMILES string of the molecule is NC(=O)C1(NC(=O)NCCSc2ccc(Cl)cc2)CCCC1. The smallest absolute Gasteiger partial charge is 0.315 e. The number of nitrogens with two attached hydrogens (primary N) is 1. The molecule has 0 aliphatic heterocycles. The van der Waals surface area contributed by atoms with E-state index < -0.39 is 11.4 Å². The topological polar surface area (TPSA) is 84.2 Å². The standard InChI is InChI=1S/C15H20ClN3O2S/c16-11-3-5-12(6-4-11)22-10-9-18-14(21)19-15(13(17)20)7-1-2-8-15/h3-6H,1-2,7-10H2,(H2,17,20)(H2,18,19,21). The Morgan fingerprint density at radius 2 is 1.86 bits per heavy atom. The Kier molecular flexibility index (Phi) is 5.97. The second-order valence-electron chi connectivity index (χ2n) is 5.34. The third-order valence-electron chi connectivity index (χ3n) is 3.75. The van der Waals surface area contributed by atoms with E-state index in [2.05, 4.69) is 10.6 Å². The molecule has 4 N–H and O–H groups in total. The summed E-state index contributed by atoms with van der Waals surface area (Å²) in [5, 5.41) is 6.22. The molecule has 1 aliphatic rings. The fourth-order valence-electron chi connectivity index (χ4n) is 2.54. The van der Waals surface area contributed by atoms with Gasteiger partial charge in [0.05, 0.1) is 0 Å². The molecule has 1 aromatic rings. The molecule has 22 heavy (non-hydrogen) atoms. The summed E-state index contributed by atoms with van der Waals surface area (Å²) in [6, 6.07) is 7.21. The highest BCUT2D eigenvalue weighted by atomic mass is 35.5. The monoisotopic (exact) mass is 341 g/mol. The summed E-state index contributed by atoms with van der Waals surface area (Å²) in [5.74, 6) is 0.286. The van der Waals surface area contributed by atoms with Crippen molar-refractivity contribution in [1.82, 2.24) is 10.6 Å². The van der Waals surface area contributed by atoms with Gasteiger partial charge < -0.3 is 16.4 Å². The van der Waals surface area contributed by atoms with E-state index in [1.54, 1.807) is 11.8 Å². The second kappa shape index (κ2) is 7.74. The van der Waals surface area contributed by atoms with Crippen LogP contribution in [0, 0.1) is 0 Å². The van der Waals surface area contributed by atoms with E-state index in [-0.39, 0.29) is 6.03 Å². The van der Waals surface area contributed by atoms with Crippen molar-refractivity contribution in [3.63, 3.8) is 0 Å². The van der Waals surface area contributed by atoms with Crippen molar-refractivity contribution in [3.8, 4) is 0 Å². The van der Waals surface area contributed by atoms with Gasteiger partial charge in [0.15, 0.2) is 0 Å². The zero-order valence-electron chi connectivity index (χ0n) is 12.2. The number of thioether (sulfide) groups is 1. The van der Waals surface area contributed by atoms with Gasteiger partial charge in [-0.25, -0.2) is 4.79 Å². The molecular weight excluding hydrogens is 322 g/mol. The molecule has 0 radical (unpaired) electrons. The van der Waals surface area contributed by atoms with Gasteiger partial charge in [-0.15, -0.1) is 11.8 Å². The van der Waals surface area contributed by atoms with Gasteiger partial charge in [-0.05, 0) is 37.1 Å². The Balaban J connectivity index is 1.71. The third-order valence-corrected chi connectivity index (χ3v) is 5.02. The van der Waals surface area contributed by atoms with Gasteiger partial charge in [0.25, 0.3) is 0 Å². The van der Waals surface area contributed by atoms with Crippen molar-refractivity contribution in [1.29, 1.82) is 0 Å². The number of halogens is 1. The number of carbonyl (C=O) groups is 2. The molecule has 0 heterocycles. The van der Waals surface area contributed by atoms with E-state index in [9.17, 15) is 9.59 Å². The Labute approximate surface area is 139 Å². The zero-order valence-corrected chi connectivity index (χ0v) is 13.8. The molecule has 1 aromatic carbocycles. The van der Waals surface area contributed by atoms with Crippen molar-refractivity contribution in [2.24, 2.45) is 5.73 Å². The molecule has 0 aromatic heterocycles. The van der Waals surface area contributed by atoms with E-state index in [0.717, 1.165) is 23.5 Å². The molecule has 2 rings (SSSR count). The van der Waals surface area contributed by atoms with Crippen LogP contribution in [0.2, 0.25) is 5.02 Å². The number of primary amides is 1. The lowest BCUT2D eigenvalue weighted by Gasteiger charge is -2.26. The molecule has 0 spiro atoms. The normalized spacial score (nSPS) is 16.2. The first-order chi connectivity index (χ1) is 10.5. The largest absolute Gasteiger partial charge is 0.368 e. The fourth-order valence-corrected chi connectivity index (χ4v) is 3.43. The number of urea groups is 1. The quantitative estimate of drug-likeness (QED) is 0.549. The predicted octanol–water partition coefficient (Wildman–Crippen LogP) is 2.53. The van der Waals surface area contributed by atoms with Gasteiger partial charge >= 0.3 is 6.03 Å². The number of benzene rings is 1. The van der Waals surface area contributed by atoms with Gasteiger partial charge in [0.1, 0.15) is 5.54 Å². The summed E-state index contributed by atoms with van der Waals surface area (Å²) in [7, 11) is 0. The van der Waals surface area contributed by atoms with E-state index in [4.69, 9.17) is 17.3 Å². The number of amides is 3. The number of hydrogen-bond acceptors (Lipinski definition) is 3. The van der Waals surface area contributed by atoms with Crippen LogP contribution in [0.25, 0.3) is 0 Å². The molecule has 3 amide bonds. The first-order valence-electron chi connectivity index (χ1n) is 7.26. The van der Waals surface area contributed by atoms with Crippen molar-refractivity contribution in [3.05, 3.63) is 29.3 Å². The molecular formula is C15H20ClN3O2S. The third kappa shape index (κ3) is 4.55. The van der Waals surface area contributed by atoms with Gasteiger partial charge in [-0.2, -0.15) is 0 Å². The summed E-state index contributed by atoms with van der Waals surface area (Å²) in [6.45, 7) is 0.508. The summed E-state index contributed by atoms with van der Waals surface area (Å²) in [5.41, 5.74) is 4.56. The van der Waals surface area contributed by atoms with E-state index in [1.807, 2.05) is 24.3 Å². The van der Waals surface area contributed by atoms with Crippen molar-refractivity contribution in [2.75, 3.05) is 12.3 Å². The lowest BCUT2D eigenvalue weighted by molar-refractivity contribution is -0.123. The molecule has 0 unspecified atom stereocenters. The highest BCUT2D eigenvalue weighted by Crippen LogP contribution is 2.29. The van der Waals surface area contributed by atoms with Crippen molar-refractivity contribution < 1.29 is 9.59 Å². The Hall–Kier alpha value is -1.40. The maximum atomic E-state index is 11.9. The van der Waals surface area contributed by atoms with Gasteiger partial charge in [-0.1, -0.05) is 24.4 Å². The number of rotatable bonds is 6. The molecule has 7 heteroatoms. The Morgan fingerprint density at radius 3 is 2.45 bits per heavy atom. The first-order valence-corrected chi connectivity index (χ1v) is 8.62. The average Bonchev–Trinajstić information content (AvgIpc) is 2.95. The van der Waals surface area contributed by atoms with Crippen molar-refractivity contribution in [2.45, 2.75) is 36.1 Å². The van der Waals surface area contributed by atoms with Crippen LogP contribution >= 0.6 is 23.4 Å².